The molecule has 2 amide bonds. The topological polar surface area (TPSA) is 75.7 Å². The maximum Gasteiger partial charge on any atom is 0.311 e. The van der Waals surface area contributed by atoms with Gasteiger partial charge in [0.1, 0.15) is 5.82 Å². The second-order valence-electron chi connectivity index (χ2n) is 6.38. The van der Waals surface area contributed by atoms with Crippen molar-refractivity contribution < 1.29 is 23.5 Å². The fraction of sp³-hybridized carbons (Fsp3) is 0.250. The smallest absolute Gasteiger partial charge is 0.311 e. The zero-order valence-corrected chi connectivity index (χ0v) is 14.8. The van der Waals surface area contributed by atoms with Gasteiger partial charge in [-0.1, -0.05) is 29.8 Å². The van der Waals surface area contributed by atoms with Crippen molar-refractivity contribution in [3.8, 4) is 0 Å². The normalized spacial score (nSPS) is 16.3. The number of amides is 2. The number of nitrogens with zero attached hydrogens (tertiary/aromatic N) is 1. The molecule has 0 aromatic heterocycles. The van der Waals surface area contributed by atoms with Crippen LogP contribution in [0.3, 0.4) is 0 Å². The zero-order chi connectivity index (χ0) is 19.4. The van der Waals surface area contributed by atoms with E-state index in [9.17, 15) is 18.8 Å². The minimum absolute atomic E-state index is 0.0260. The first-order valence-corrected chi connectivity index (χ1v) is 8.52. The number of hydrogen-bond acceptors (Lipinski definition) is 4. The first kappa shape index (κ1) is 18.6. The lowest BCUT2D eigenvalue weighted by molar-refractivity contribution is -0.151. The molecular formula is C20H19FN2O4. The first-order valence-electron chi connectivity index (χ1n) is 8.52. The van der Waals surface area contributed by atoms with Crippen molar-refractivity contribution in [2.45, 2.75) is 13.3 Å². The van der Waals surface area contributed by atoms with Gasteiger partial charge >= 0.3 is 5.97 Å². The highest BCUT2D eigenvalue weighted by molar-refractivity contribution is 6.00. The van der Waals surface area contributed by atoms with E-state index < -0.39 is 30.2 Å². The van der Waals surface area contributed by atoms with E-state index in [-0.39, 0.29) is 24.6 Å². The largest absolute Gasteiger partial charge is 0.455 e. The van der Waals surface area contributed by atoms with Gasteiger partial charge in [-0.25, -0.2) is 4.39 Å². The SMILES string of the molecule is Cc1ccc(NC(=O)COC(=O)[C@@H]2CC(=O)N(c3ccccc3F)C2)cc1. The Labute approximate surface area is 155 Å². The molecule has 140 valence electrons. The summed E-state index contributed by atoms with van der Waals surface area (Å²) in [7, 11) is 0. The van der Waals surface area contributed by atoms with Gasteiger partial charge in [-0.15, -0.1) is 0 Å². The first-order chi connectivity index (χ1) is 12.9. The maximum atomic E-state index is 13.9. The summed E-state index contributed by atoms with van der Waals surface area (Å²) in [6, 6.07) is 13.1. The van der Waals surface area contributed by atoms with E-state index >= 15 is 0 Å². The summed E-state index contributed by atoms with van der Waals surface area (Å²) in [5.74, 6) is -2.74. The van der Waals surface area contributed by atoms with E-state index in [4.69, 9.17) is 4.74 Å². The van der Waals surface area contributed by atoms with Crippen LogP contribution in [0.25, 0.3) is 0 Å². The molecule has 1 aliphatic rings. The van der Waals surface area contributed by atoms with Crippen molar-refractivity contribution in [3.63, 3.8) is 0 Å². The van der Waals surface area contributed by atoms with Crippen LogP contribution in [0.5, 0.6) is 0 Å². The Bertz CT molecular complexity index is 867. The number of aryl methyl sites for hydroxylation is 1. The molecule has 0 saturated carbocycles. The van der Waals surface area contributed by atoms with Crippen molar-refractivity contribution in [1.29, 1.82) is 0 Å². The minimum Gasteiger partial charge on any atom is -0.455 e. The molecule has 3 rings (SSSR count). The van der Waals surface area contributed by atoms with E-state index in [1.54, 1.807) is 18.2 Å². The highest BCUT2D eigenvalue weighted by Crippen LogP contribution is 2.27. The molecule has 0 bridgehead atoms. The quantitative estimate of drug-likeness (QED) is 0.821. The molecule has 27 heavy (non-hydrogen) atoms. The third-order valence-corrected chi connectivity index (χ3v) is 4.28. The van der Waals surface area contributed by atoms with E-state index in [2.05, 4.69) is 5.32 Å². The molecule has 1 N–H and O–H groups in total. The second-order valence-corrected chi connectivity index (χ2v) is 6.38. The summed E-state index contributed by atoms with van der Waals surface area (Å²) in [6.45, 7) is 1.51. The van der Waals surface area contributed by atoms with Crippen molar-refractivity contribution >= 4 is 29.2 Å². The van der Waals surface area contributed by atoms with Gasteiger partial charge in [0.25, 0.3) is 5.91 Å². The number of anilines is 2. The monoisotopic (exact) mass is 370 g/mol. The lowest BCUT2D eigenvalue weighted by Gasteiger charge is -2.17. The summed E-state index contributed by atoms with van der Waals surface area (Å²) >= 11 is 0. The maximum absolute atomic E-state index is 13.9. The number of ether oxygens (including phenoxy) is 1. The molecule has 2 aromatic rings. The molecule has 1 heterocycles. The zero-order valence-electron chi connectivity index (χ0n) is 14.8. The van der Waals surface area contributed by atoms with Crippen LogP contribution in [0.1, 0.15) is 12.0 Å². The van der Waals surface area contributed by atoms with E-state index in [1.165, 1.54) is 23.1 Å². The van der Waals surface area contributed by atoms with Crippen molar-refractivity contribution in [2.24, 2.45) is 5.92 Å². The van der Waals surface area contributed by atoms with Crippen LogP contribution in [0.2, 0.25) is 0 Å². The van der Waals surface area contributed by atoms with Crippen LogP contribution >= 0.6 is 0 Å². The standard InChI is InChI=1S/C20H19FN2O4/c1-13-6-8-15(9-7-13)22-18(24)12-27-20(26)14-10-19(25)23(11-14)17-5-3-2-4-16(17)21/h2-9,14H,10-12H2,1H3,(H,22,24)/t14-/m1/s1. The third kappa shape index (κ3) is 4.49. The number of esters is 1. The van der Waals surface area contributed by atoms with Crippen molar-refractivity contribution in [3.05, 3.63) is 59.9 Å². The van der Waals surface area contributed by atoms with Gasteiger partial charge in [0.2, 0.25) is 5.91 Å². The summed E-state index contributed by atoms with van der Waals surface area (Å²) < 4.78 is 18.9. The average Bonchev–Trinajstić information content (AvgIpc) is 3.04. The number of hydrogen-bond donors (Lipinski definition) is 1. The van der Waals surface area contributed by atoms with Gasteiger partial charge in [0.15, 0.2) is 6.61 Å². The predicted octanol–water partition coefficient (Wildman–Crippen LogP) is 2.67. The molecule has 0 radical (unpaired) electrons. The Kier molecular flexibility index (Phi) is 5.49. The summed E-state index contributed by atoms with van der Waals surface area (Å²) in [5.41, 5.74) is 1.79. The second kappa shape index (κ2) is 7.99. The lowest BCUT2D eigenvalue weighted by atomic mass is 10.1. The van der Waals surface area contributed by atoms with Gasteiger partial charge in [-0.05, 0) is 31.2 Å². The molecule has 0 spiro atoms. The van der Waals surface area contributed by atoms with Gasteiger partial charge in [-0.2, -0.15) is 0 Å². The Morgan fingerprint density at radius 2 is 1.89 bits per heavy atom. The molecule has 0 unspecified atom stereocenters. The van der Waals surface area contributed by atoms with Crippen LogP contribution in [0.4, 0.5) is 15.8 Å². The van der Waals surface area contributed by atoms with Crippen molar-refractivity contribution in [1.82, 2.24) is 0 Å². The molecule has 2 aromatic carbocycles. The molecule has 6 nitrogen and oxygen atoms in total. The van der Waals surface area contributed by atoms with Crippen LogP contribution < -0.4 is 10.2 Å². The molecule has 1 atom stereocenters. The Balaban J connectivity index is 1.53. The van der Waals surface area contributed by atoms with Gasteiger partial charge < -0.3 is 15.0 Å². The fourth-order valence-electron chi connectivity index (χ4n) is 2.86. The van der Waals surface area contributed by atoms with Crippen LogP contribution in [0, 0.1) is 18.7 Å². The Hall–Kier alpha value is -3.22. The van der Waals surface area contributed by atoms with Gasteiger partial charge in [0, 0.05) is 18.7 Å². The van der Waals surface area contributed by atoms with E-state index in [1.807, 2.05) is 19.1 Å². The molecule has 7 heteroatoms. The summed E-state index contributed by atoms with van der Waals surface area (Å²) in [6.07, 6.45) is -0.0766. The highest BCUT2D eigenvalue weighted by Gasteiger charge is 2.37. The Morgan fingerprint density at radius 1 is 1.19 bits per heavy atom. The molecule has 0 aliphatic carbocycles. The van der Waals surface area contributed by atoms with E-state index in [0.29, 0.717) is 5.69 Å². The highest BCUT2D eigenvalue weighted by atomic mass is 19.1. The van der Waals surface area contributed by atoms with Gasteiger partial charge in [-0.3, -0.25) is 14.4 Å². The van der Waals surface area contributed by atoms with Crippen molar-refractivity contribution in [2.75, 3.05) is 23.4 Å². The Morgan fingerprint density at radius 3 is 2.59 bits per heavy atom. The molecule has 1 fully saturated rings. The van der Waals surface area contributed by atoms with Gasteiger partial charge in [0.05, 0.1) is 11.6 Å². The summed E-state index contributed by atoms with van der Waals surface area (Å²) in [4.78, 5) is 37.4. The number of rotatable bonds is 5. The number of nitrogens with one attached hydrogen (secondary N) is 1. The predicted molar refractivity (Wildman–Crippen MR) is 97.6 cm³/mol. The summed E-state index contributed by atoms with van der Waals surface area (Å²) in [5, 5.41) is 2.62. The number of carbonyl (C=O) groups is 3. The number of benzene rings is 2. The number of carbonyl (C=O) groups excluding carboxylic acids is 3. The lowest BCUT2D eigenvalue weighted by Crippen LogP contribution is -2.28. The minimum atomic E-state index is -0.732. The fourth-order valence-corrected chi connectivity index (χ4v) is 2.86. The molecule has 1 aliphatic heterocycles. The third-order valence-electron chi connectivity index (χ3n) is 4.28. The molecular weight excluding hydrogens is 351 g/mol. The molecule has 1 saturated heterocycles. The van der Waals surface area contributed by atoms with Crippen LogP contribution in [-0.4, -0.2) is 30.9 Å². The average molecular weight is 370 g/mol. The van der Waals surface area contributed by atoms with Crippen LogP contribution in [-0.2, 0) is 19.1 Å². The number of halogens is 1. The number of para-hydroxylation sites is 1. The van der Waals surface area contributed by atoms with E-state index in [0.717, 1.165) is 5.56 Å². The van der Waals surface area contributed by atoms with Crippen LogP contribution in [0.15, 0.2) is 48.5 Å².